The highest BCUT2D eigenvalue weighted by Gasteiger charge is 2.34. The lowest BCUT2D eigenvalue weighted by Gasteiger charge is -2.31. The summed E-state index contributed by atoms with van der Waals surface area (Å²) in [7, 11) is 0. The number of hydrogen-bond donors (Lipinski definition) is 2. The van der Waals surface area contributed by atoms with Gasteiger partial charge in [0.1, 0.15) is 11.6 Å². The summed E-state index contributed by atoms with van der Waals surface area (Å²) in [6.45, 7) is 5.62. The van der Waals surface area contributed by atoms with Gasteiger partial charge in [-0.1, -0.05) is 26.7 Å². The summed E-state index contributed by atoms with van der Waals surface area (Å²) >= 11 is 0. The van der Waals surface area contributed by atoms with Crippen molar-refractivity contribution in [3.63, 3.8) is 0 Å². The number of nitrogens with one attached hydrogen (secondary N) is 1. The molecule has 1 saturated carbocycles. The number of anilines is 2. The van der Waals surface area contributed by atoms with Crippen molar-refractivity contribution in [1.82, 2.24) is 10.2 Å². The molecule has 3 N–H and O–H groups in total. The second kappa shape index (κ2) is 5.55. The third-order valence-electron chi connectivity index (χ3n) is 3.84. The van der Waals surface area contributed by atoms with E-state index in [0.29, 0.717) is 11.2 Å². The molecule has 4 nitrogen and oxygen atoms in total. The van der Waals surface area contributed by atoms with Crippen LogP contribution in [0.2, 0.25) is 0 Å². The van der Waals surface area contributed by atoms with Crippen molar-refractivity contribution in [2.24, 2.45) is 11.3 Å². The average Bonchev–Trinajstić information content (AvgIpc) is 2.76. The first-order valence-electron chi connectivity index (χ1n) is 6.93. The Labute approximate surface area is 109 Å². The third kappa shape index (κ3) is 3.34. The first-order chi connectivity index (χ1) is 8.60. The van der Waals surface area contributed by atoms with Gasteiger partial charge in [-0.15, -0.1) is 10.2 Å². The van der Waals surface area contributed by atoms with Crippen LogP contribution in [0, 0.1) is 11.3 Å². The molecule has 0 aromatic carbocycles. The molecule has 0 bridgehead atoms. The Kier molecular flexibility index (Phi) is 4.04. The molecule has 0 aliphatic heterocycles. The molecule has 0 saturated heterocycles. The maximum Gasteiger partial charge on any atom is 0.148 e. The van der Waals surface area contributed by atoms with E-state index in [1.807, 2.05) is 6.07 Å². The highest BCUT2D eigenvalue weighted by molar-refractivity contribution is 5.38. The van der Waals surface area contributed by atoms with Gasteiger partial charge in [-0.2, -0.15) is 0 Å². The quantitative estimate of drug-likeness (QED) is 0.840. The van der Waals surface area contributed by atoms with E-state index in [2.05, 4.69) is 29.4 Å². The predicted molar refractivity (Wildman–Crippen MR) is 75.3 cm³/mol. The Balaban J connectivity index is 1.95. The zero-order valence-electron chi connectivity index (χ0n) is 11.4. The molecule has 1 fully saturated rings. The Hall–Kier alpha value is -1.32. The van der Waals surface area contributed by atoms with Crippen LogP contribution in [0.1, 0.15) is 46.0 Å². The average molecular weight is 248 g/mol. The van der Waals surface area contributed by atoms with E-state index in [9.17, 15) is 0 Å². The molecule has 0 atom stereocenters. The van der Waals surface area contributed by atoms with Crippen molar-refractivity contribution >= 4 is 11.6 Å². The molecular formula is C14H24N4. The van der Waals surface area contributed by atoms with Crippen LogP contribution in [0.25, 0.3) is 0 Å². The fourth-order valence-corrected chi connectivity index (χ4v) is 3.16. The Morgan fingerprint density at radius 1 is 1.28 bits per heavy atom. The molecular weight excluding hydrogens is 224 g/mol. The minimum atomic E-state index is 0.456. The summed E-state index contributed by atoms with van der Waals surface area (Å²) in [6, 6.07) is 3.69. The van der Waals surface area contributed by atoms with Crippen molar-refractivity contribution in [2.45, 2.75) is 46.0 Å². The minimum absolute atomic E-state index is 0.456. The van der Waals surface area contributed by atoms with Crippen molar-refractivity contribution in [3.05, 3.63) is 12.1 Å². The number of hydrogen-bond acceptors (Lipinski definition) is 4. The number of rotatable bonds is 5. The Bertz CT molecular complexity index is 366. The van der Waals surface area contributed by atoms with Crippen LogP contribution < -0.4 is 11.1 Å². The van der Waals surface area contributed by atoms with Gasteiger partial charge in [-0.25, -0.2) is 0 Å². The highest BCUT2D eigenvalue weighted by Crippen LogP contribution is 2.43. The van der Waals surface area contributed by atoms with Crippen molar-refractivity contribution < 1.29 is 0 Å². The smallest absolute Gasteiger partial charge is 0.148 e. The fourth-order valence-electron chi connectivity index (χ4n) is 3.16. The first kappa shape index (κ1) is 13.1. The van der Waals surface area contributed by atoms with Crippen molar-refractivity contribution in [2.75, 3.05) is 17.6 Å². The van der Waals surface area contributed by atoms with Gasteiger partial charge in [0.15, 0.2) is 0 Å². The van der Waals surface area contributed by atoms with Gasteiger partial charge in [0.05, 0.1) is 0 Å². The van der Waals surface area contributed by atoms with E-state index in [-0.39, 0.29) is 0 Å². The summed E-state index contributed by atoms with van der Waals surface area (Å²) in [6.07, 6.45) is 6.69. The van der Waals surface area contributed by atoms with Gasteiger partial charge in [-0.05, 0) is 42.7 Å². The van der Waals surface area contributed by atoms with Crippen LogP contribution in [0.4, 0.5) is 11.6 Å². The predicted octanol–water partition coefficient (Wildman–Crippen LogP) is 3.08. The summed E-state index contributed by atoms with van der Waals surface area (Å²) in [5.74, 6) is 2.06. The highest BCUT2D eigenvalue weighted by atomic mass is 15.2. The van der Waals surface area contributed by atoms with E-state index < -0.39 is 0 Å². The normalized spacial score (nSPS) is 18.2. The van der Waals surface area contributed by atoms with Crippen LogP contribution in [-0.2, 0) is 0 Å². The van der Waals surface area contributed by atoms with Crippen LogP contribution in [0.3, 0.4) is 0 Å². The van der Waals surface area contributed by atoms with E-state index in [4.69, 9.17) is 5.73 Å². The molecule has 0 spiro atoms. The van der Waals surface area contributed by atoms with Crippen LogP contribution >= 0.6 is 0 Å². The molecule has 100 valence electrons. The molecule has 0 unspecified atom stereocenters. The molecule has 0 amide bonds. The molecule has 1 aromatic rings. The fraction of sp³-hybridized carbons (Fsp3) is 0.714. The first-order valence-corrected chi connectivity index (χ1v) is 6.93. The summed E-state index contributed by atoms with van der Waals surface area (Å²) in [4.78, 5) is 0. The van der Waals surface area contributed by atoms with Crippen molar-refractivity contribution in [3.8, 4) is 0 Å². The van der Waals surface area contributed by atoms with E-state index in [1.54, 1.807) is 6.07 Å². The lowest BCUT2D eigenvalue weighted by atomic mass is 9.78. The standard InChI is InChI=1S/C14H24N4/c1-11(2)9-14(7-3-4-8-14)10-16-13-6-5-12(15)17-18-13/h5-6,11H,3-4,7-10H2,1-2H3,(H2,15,17)(H,16,18). The molecule has 4 heteroatoms. The number of nitrogens with zero attached hydrogens (tertiary/aromatic N) is 2. The molecule has 1 aromatic heterocycles. The topological polar surface area (TPSA) is 63.8 Å². The zero-order valence-corrected chi connectivity index (χ0v) is 11.4. The van der Waals surface area contributed by atoms with E-state index in [1.165, 1.54) is 32.1 Å². The molecule has 0 radical (unpaired) electrons. The Morgan fingerprint density at radius 3 is 2.56 bits per heavy atom. The van der Waals surface area contributed by atoms with Gasteiger partial charge >= 0.3 is 0 Å². The summed E-state index contributed by atoms with van der Waals surface area (Å²) in [5.41, 5.74) is 5.99. The maximum atomic E-state index is 5.54. The molecule has 18 heavy (non-hydrogen) atoms. The molecule has 1 aliphatic rings. The SMILES string of the molecule is CC(C)CC1(CNc2ccc(N)nn2)CCCC1. The summed E-state index contributed by atoms with van der Waals surface area (Å²) < 4.78 is 0. The molecule has 1 heterocycles. The van der Waals surface area contributed by atoms with Gasteiger partial charge in [0.2, 0.25) is 0 Å². The van der Waals surface area contributed by atoms with Crippen molar-refractivity contribution in [1.29, 1.82) is 0 Å². The van der Waals surface area contributed by atoms with Gasteiger partial charge in [-0.3, -0.25) is 0 Å². The van der Waals surface area contributed by atoms with E-state index >= 15 is 0 Å². The number of nitrogens with two attached hydrogens (primary N) is 1. The number of aromatic nitrogens is 2. The monoisotopic (exact) mass is 248 g/mol. The minimum Gasteiger partial charge on any atom is -0.382 e. The zero-order chi connectivity index (χ0) is 13.0. The van der Waals surface area contributed by atoms with Crippen LogP contribution in [0.15, 0.2) is 12.1 Å². The van der Waals surface area contributed by atoms with Crippen LogP contribution in [-0.4, -0.2) is 16.7 Å². The number of nitrogen functional groups attached to an aromatic ring is 1. The molecule has 2 rings (SSSR count). The van der Waals surface area contributed by atoms with E-state index in [0.717, 1.165) is 18.3 Å². The van der Waals surface area contributed by atoms with Gasteiger partial charge in [0, 0.05) is 6.54 Å². The second-order valence-electron chi connectivity index (χ2n) is 6.00. The van der Waals surface area contributed by atoms with Gasteiger partial charge < -0.3 is 11.1 Å². The van der Waals surface area contributed by atoms with Gasteiger partial charge in [0.25, 0.3) is 0 Å². The Morgan fingerprint density at radius 2 is 2.00 bits per heavy atom. The third-order valence-corrected chi connectivity index (χ3v) is 3.84. The maximum absolute atomic E-state index is 5.54. The summed E-state index contributed by atoms with van der Waals surface area (Å²) in [5, 5.41) is 11.4. The second-order valence-corrected chi connectivity index (χ2v) is 6.00. The largest absolute Gasteiger partial charge is 0.382 e. The van der Waals surface area contributed by atoms with Crippen LogP contribution in [0.5, 0.6) is 0 Å². The lowest BCUT2D eigenvalue weighted by Crippen LogP contribution is -2.28. The lowest BCUT2D eigenvalue weighted by molar-refractivity contribution is 0.252. The molecule has 1 aliphatic carbocycles.